The Bertz CT molecular complexity index is 1050. The predicted molar refractivity (Wildman–Crippen MR) is 229 cm³/mol. The van der Waals surface area contributed by atoms with Crippen LogP contribution in [0.15, 0.2) is 12.2 Å². The van der Waals surface area contributed by atoms with Gasteiger partial charge in [-0.05, 0) is 32.1 Å². The zero-order valence-corrected chi connectivity index (χ0v) is 37.2. The van der Waals surface area contributed by atoms with Gasteiger partial charge >= 0.3 is 5.97 Å². The number of hydrogen-bond donors (Lipinski definition) is 7. The van der Waals surface area contributed by atoms with Gasteiger partial charge in [-0.25, -0.2) is 0 Å². The lowest BCUT2D eigenvalue weighted by Gasteiger charge is -2.42. The summed E-state index contributed by atoms with van der Waals surface area (Å²) in [6.45, 7) is 3.65. The van der Waals surface area contributed by atoms with Crippen molar-refractivity contribution in [2.24, 2.45) is 0 Å². The van der Waals surface area contributed by atoms with Gasteiger partial charge in [0.25, 0.3) is 0 Å². The molecule has 0 bridgehead atoms. The number of allylic oxidation sites excluding steroid dienone is 2. The van der Waals surface area contributed by atoms with E-state index < -0.39 is 80.7 Å². The number of carbonyl (C=O) groups excluding carboxylic acids is 1. The lowest BCUT2D eigenvalue weighted by atomic mass is 9.98. The molecule has 2 aliphatic rings. The van der Waals surface area contributed by atoms with Crippen molar-refractivity contribution in [2.45, 2.75) is 242 Å². The van der Waals surface area contributed by atoms with Gasteiger partial charge < -0.3 is 64.2 Å². The van der Waals surface area contributed by atoms with E-state index in [1.54, 1.807) is 0 Å². The second kappa shape index (κ2) is 35.1. The molecular weight excluding hydrogens is 776 g/mol. The first kappa shape index (κ1) is 54.9. The molecule has 2 aliphatic heterocycles. The van der Waals surface area contributed by atoms with Crippen LogP contribution in [-0.4, -0.2) is 142 Å². The van der Waals surface area contributed by atoms with Crippen LogP contribution in [0.4, 0.5) is 0 Å². The van der Waals surface area contributed by atoms with Crippen molar-refractivity contribution < 1.29 is 69.0 Å². The van der Waals surface area contributed by atoms with Crippen LogP contribution in [0.5, 0.6) is 0 Å². The molecule has 0 amide bonds. The van der Waals surface area contributed by atoms with Crippen LogP contribution in [0.2, 0.25) is 0 Å². The number of esters is 1. The van der Waals surface area contributed by atoms with E-state index in [1.165, 1.54) is 89.9 Å². The van der Waals surface area contributed by atoms with Crippen LogP contribution < -0.4 is 0 Å². The van der Waals surface area contributed by atoms with E-state index in [1.807, 2.05) is 0 Å². The quantitative estimate of drug-likeness (QED) is 0.0220. The van der Waals surface area contributed by atoms with E-state index in [2.05, 4.69) is 26.0 Å². The van der Waals surface area contributed by atoms with Crippen LogP contribution >= 0.6 is 0 Å². The minimum Gasteiger partial charge on any atom is -0.457 e. The number of unbranched alkanes of at least 4 members (excludes halogenated alkanes) is 21. The van der Waals surface area contributed by atoms with Crippen molar-refractivity contribution in [2.75, 3.05) is 33.0 Å². The van der Waals surface area contributed by atoms with Gasteiger partial charge in [-0.15, -0.1) is 0 Å². The maximum absolute atomic E-state index is 12.9. The van der Waals surface area contributed by atoms with Crippen LogP contribution in [0.3, 0.4) is 0 Å². The van der Waals surface area contributed by atoms with E-state index in [9.17, 15) is 40.5 Å². The van der Waals surface area contributed by atoms with Gasteiger partial charge in [-0.2, -0.15) is 0 Å². The number of aliphatic hydroxyl groups is 7. The molecule has 2 heterocycles. The smallest absolute Gasteiger partial charge is 0.306 e. The maximum atomic E-state index is 12.9. The fourth-order valence-corrected chi connectivity index (χ4v) is 7.56. The van der Waals surface area contributed by atoms with Gasteiger partial charge in [0, 0.05) is 13.0 Å². The Labute approximate surface area is 361 Å². The van der Waals surface area contributed by atoms with Crippen molar-refractivity contribution in [1.82, 2.24) is 0 Å². The molecule has 14 nitrogen and oxygen atoms in total. The normalized spacial score (nSPS) is 27.8. The SMILES string of the molecule is CCCC/C=C\CCCCCCCC(=O)OC(COCCCCCCCCCCCCCCCCC)COC1OC(COC2OC(CO)C(O)C(O)C2O)C(O)C(O)C1O. The summed E-state index contributed by atoms with van der Waals surface area (Å²) in [6, 6.07) is 0. The molecule has 14 heteroatoms. The molecule has 11 unspecified atom stereocenters. The van der Waals surface area contributed by atoms with Crippen molar-refractivity contribution in [3.63, 3.8) is 0 Å². The molecule has 0 saturated carbocycles. The molecule has 2 fully saturated rings. The molecular formula is C46H86O14. The third-order valence-corrected chi connectivity index (χ3v) is 11.5. The zero-order chi connectivity index (χ0) is 43.8. The van der Waals surface area contributed by atoms with Crippen LogP contribution in [0, 0.1) is 0 Å². The molecule has 0 aliphatic carbocycles. The standard InChI is InChI=1S/C46H86O14/c1-3-5-7-9-11-13-15-16-17-18-20-22-24-26-28-30-55-32-35(58-38(48)29-27-25-23-21-19-14-12-10-8-6-4-2)33-56-45-44(54)42(52)40(50)37(60-45)34-57-46-43(53)41(51)39(49)36(31-47)59-46/h10,12,35-37,39-47,49-54H,3-9,11,13-34H2,1-2H3/b12-10-. The molecule has 0 spiro atoms. The highest BCUT2D eigenvalue weighted by Crippen LogP contribution is 2.26. The van der Waals surface area contributed by atoms with Gasteiger partial charge in [0.05, 0.1) is 26.4 Å². The minimum atomic E-state index is -1.70. The van der Waals surface area contributed by atoms with Crippen LogP contribution in [0.1, 0.15) is 174 Å². The lowest BCUT2D eigenvalue weighted by molar-refractivity contribution is -0.332. The molecule has 0 radical (unpaired) electrons. The number of ether oxygens (including phenoxy) is 6. The van der Waals surface area contributed by atoms with Gasteiger partial charge in [-0.3, -0.25) is 4.79 Å². The Kier molecular flexibility index (Phi) is 32.1. The molecule has 11 atom stereocenters. The van der Waals surface area contributed by atoms with Gasteiger partial charge in [-0.1, -0.05) is 148 Å². The first-order chi connectivity index (χ1) is 29.1. The Balaban J connectivity index is 1.79. The Morgan fingerprint density at radius 1 is 0.533 bits per heavy atom. The summed E-state index contributed by atoms with van der Waals surface area (Å²) in [4.78, 5) is 12.9. The average Bonchev–Trinajstić information content (AvgIpc) is 3.24. The summed E-state index contributed by atoms with van der Waals surface area (Å²) in [5.74, 6) is -0.385. The lowest BCUT2D eigenvalue weighted by Crippen LogP contribution is -2.61. The summed E-state index contributed by atoms with van der Waals surface area (Å²) in [7, 11) is 0. The van der Waals surface area contributed by atoms with E-state index in [4.69, 9.17) is 28.4 Å². The fraction of sp³-hybridized carbons (Fsp3) is 0.935. The van der Waals surface area contributed by atoms with Gasteiger partial charge in [0.2, 0.25) is 0 Å². The van der Waals surface area contributed by atoms with E-state index in [-0.39, 0.29) is 25.6 Å². The van der Waals surface area contributed by atoms with Crippen molar-refractivity contribution in [3.05, 3.63) is 12.2 Å². The summed E-state index contributed by atoms with van der Waals surface area (Å²) in [5, 5.41) is 71.9. The number of carbonyl (C=O) groups is 1. The summed E-state index contributed by atoms with van der Waals surface area (Å²) >= 11 is 0. The van der Waals surface area contributed by atoms with E-state index >= 15 is 0 Å². The molecule has 354 valence electrons. The largest absolute Gasteiger partial charge is 0.457 e. The van der Waals surface area contributed by atoms with Crippen LogP contribution in [-0.2, 0) is 33.2 Å². The van der Waals surface area contributed by atoms with E-state index in [0.29, 0.717) is 13.0 Å². The molecule has 0 aromatic rings. The van der Waals surface area contributed by atoms with Crippen molar-refractivity contribution in [3.8, 4) is 0 Å². The summed E-state index contributed by atoms with van der Waals surface area (Å²) < 4.78 is 34.2. The average molecular weight is 863 g/mol. The van der Waals surface area contributed by atoms with Gasteiger partial charge in [0.1, 0.15) is 54.9 Å². The molecule has 0 aromatic carbocycles. The summed E-state index contributed by atoms with van der Waals surface area (Å²) in [6.07, 6.45) is 17.1. The maximum Gasteiger partial charge on any atom is 0.306 e. The second-order valence-electron chi connectivity index (χ2n) is 16.9. The second-order valence-corrected chi connectivity index (χ2v) is 16.9. The molecule has 2 rings (SSSR count). The highest BCUT2D eigenvalue weighted by molar-refractivity contribution is 5.69. The zero-order valence-electron chi connectivity index (χ0n) is 37.2. The number of rotatable bonds is 37. The highest BCUT2D eigenvalue weighted by atomic mass is 16.7. The Hall–Kier alpha value is -1.27. The van der Waals surface area contributed by atoms with Crippen LogP contribution in [0.25, 0.3) is 0 Å². The number of hydrogen-bond acceptors (Lipinski definition) is 14. The van der Waals surface area contributed by atoms with E-state index in [0.717, 1.165) is 57.8 Å². The predicted octanol–water partition coefficient (Wildman–Crippen LogP) is 5.90. The molecule has 0 aromatic heterocycles. The van der Waals surface area contributed by atoms with Gasteiger partial charge in [0.15, 0.2) is 12.6 Å². The van der Waals surface area contributed by atoms with Crippen molar-refractivity contribution in [1.29, 1.82) is 0 Å². The molecule has 2 saturated heterocycles. The molecule has 7 N–H and O–H groups in total. The third-order valence-electron chi connectivity index (χ3n) is 11.5. The Morgan fingerprint density at radius 3 is 1.57 bits per heavy atom. The first-order valence-corrected chi connectivity index (χ1v) is 23.8. The monoisotopic (exact) mass is 863 g/mol. The first-order valence-electron chi connectivity index (χ1n) is 23.8. The topological polar surface area (TPSA) is 214 Å². The number of aliphatic hydroxyl groups excluding tert-OH is 7. The highest BCUT2D eigenvalue weighted by Gasteiger charge is 2.47. The molecule has 60 heavy (non-hydrogen) atoms. The van der Waals surface area contributed by atoms with Crippen molar-refractivity contribution >= 4 is 5.97 Å². The Morgan fingerprint density at radius 2 is 1.00 bits per heavy atom. The third kappa shape index (κ3) is 23.4. The summed E-state index contributed by atoms with van der Waals surface area (Å²) in [5.41, 5.74) is 0. The minimum absolute atomic E-state index is 0.0633. The fourth-order valence-electron chi connectivity index (χ4n) is 7.56.